The van der Waals surface area contributed by atoms with Crippen molar-refractivity contribution in [2.24, 2.45) is 5.92 Å². The van der Waals surface area contributed by atoms with Crippen LogP contribution in [0.25, 0.3) is 11.0 Å². The topological polar surface area (TPSA) is 78.0 Å². The minimum atomic E-state index is -0.844. The summed E-state index contributed by atoms with van der Waals surface area (Å²) in [5.41, 5.74) is 1.04. The normalized spacial score (nSPS) is 18.1. The van der Waals surface area contributed by atoms with Crippen molar-refractivity contribution in [1.29, 1.82) is 0 Å². The number of nitrogens with zero attached hydrogens (tertiary/aromatic N) is 1. The van der Waals surface area contributed by atoms with Crippen LogP contribution in [0.3, 0.4) is 0 Å². The molecule has 6 heteroatoms. The number of H-pyrrole nitrogens is 1. The molecule has 0 saturated heterocycles. The molecule has 3 N–H and O–H groups in total. The van der Waals surface area contributed by atoms with E-state index in [-0.39, 0.29) is 5.92 Å². The van der Waals surface area contributed by atoms with E-state index in [9.17, 15) is 9.90 Å². The fourth-order valence-electron chi connectivity index (χ4n) is 2.49. The van der Waals surface area contributed by atoms with Gasteiger partial charge in [-0.25, -0.2) is 4.98 Å². The highest BCUT2D eigenvalue weighted by molar-refractivity contribution is 7.99. The summed E-state index contributed by atoms with van der Waals surface area (Å²) in [4.78, 5) is 19.3. The number of thioether (sulfide) groups is 1. The predicted octanol–water partition coefficient (Wildman–Crippen LogP) is 2.11. The fraction of sp³-hybridized carbons (Fsp3) is 0.429. The highest BCUT2D eigenvalue weighted by Crippen LogP contribution is 2.42. The number of carboxylic acid groups (broad SMARTS) is 1. The van der Waals surface area contributed by atoms with Crippen molar-refractivity contribution in [3.63, 3.8) is 0 Å². The SMILES string of the molecule is CNC(CSc1nc2ccccc2[nH]1)(C(=O)O)C1CC1. The summed E-state index contributed by atoms with van der Waals surface area (Å²) in [7, 11) is 1.73. The zero-order valence-corrected chi connectivity index (χ0v) is 12.0. The molecule has 106 valence electrons. The number of imidazole rings is 1. The zero-order chi connectivity index (χ0) is 14.2. The molecule has 1 fully saturated rings. The van der Waals surface area contributed by atoms with Crippen molar-refractivity contribution in [1.82, 2.24) is 15.3 Å². The molecular weight excluding hydrogens is 274 g/mol. The molecular formula is C14H17N3O2S. The van der Waals surface area contributed by atoms with Gasteiger partial charge >= 0.3 is 5.97 Å². The van der Waals surface area contributed by atoms with E-state index in [2.05, 4.69) is 15.3 Å². The molecule has 1 unspecified atom stereocenters. The average Bonchev–Trinajstić information content (AvgIpc) is 3.19. The van der Waals surface area contributed by atoms with E-state index in [4.69, 9.17) is 0 Å². The number of fused-ring (bicyclic) bond motifs is 1. The highest BCUT2D eigenvalue weighted by Gasteiger charge is 2.50. The first-order valence-corrected chi connectivity index (χ1v) is 7.64. The Bertz CT molecular complexity index is 605. The standard InChI is InChI=1S/C14H17N3O2S/c1-15-14(12(18)19,9-6-7-9)8-20-13-16-10-4-2-3-5-11(10)17-13/h2-5,9,15H,6-8H2,1H3,(H,16,17)(H,18,19). The van der Waals surface area contributed by atoms with E-state index < -0.39 is 11.5 Å². The molecule has 3 rings (SSSR count). The highest BCUT2D eigenvalue weighted by atomic mass is 32.2. The van der Waals surface area contributed by atoms with Crippen LogP contribution < -0.4 is 5.32 Å². The predicted molar refractivity (Wildman–Crippen MR) is 79.0 cm³/mol. The molecule has 0 spiro atoms. The third kappa shape index (κ3) is 2.29. The van der Waals surface area contributed by atoms with Crippen LogP contribution in [0, 0.1) is 5.92 Å². The van der Waals surface area contributed by atoms with Crippen LogP contribution in [0.15, 0.2) is 29.4 Å². The number of carboxylic acids is 1. The molecule has 1 aromatic carbocycles. The van der Waals surface area contributed by atoms with Crippen LogP contribution >= 0.6 is 11.8 Å². The van der Waals surface area contributed by atoms with Crippen LogP contribution in [0.2, 0.25) is 0 Å². The molecule has 1 saturated carbocycles. The summed E-state index contributed by atoms with van der Waals surface area (Å²) in [6.45, 7) is 0. The number of aromatic nitrogens is 2. The monoisotopic (exact) mass is 291 g/mol. The maximum atomic E-state index is 11.6. The minimum absolute atomic E-state index is 0.224. The van der Waals surface area contributed by atoms with Crippen LogP contribution in [-0.4, -0.2) is 39.4 Å². The number of benzene rings is 1. The van der Waals surface area contributed by atoms with Crippen molar-refractivity contribution in [3.05, 3.63) is 24.3 Å². The third-order valence-electron chi connectivity index (χ3n) is 3.91. The van der Waals surface area contributed by atoms with Crippen molar-refractivity contribution in [3.8, 4) is 0 Å². The number of carbonyl (C=O) groups is 1. The Morgan fingerprint density at radius 3 is 2.90 bits per heavy atom. The van der Waals surface area contributed by atoms with Crippen molar-refractivity contribution in [2.45, 2.75) is 23.5 Å². The number of rotatable bonds is 6. The average molecular weight is 291 g/mol. The number of hydrogen-bond acceptors (Lipinski definition) is 4. The van der Waals surface area contributed by atoms with Gasteiger partial charge in [0.05, 0.1) is 11.0 Å². The van der Waals surface area contributed by atoms with E-state index in [0.29, 0.717) is 5.75 Å². The van der Waals surface area contributed by atoms with Gasteiger partial charge in [0.1, 0.15) is 5.54 Å². The lowest BCUT2D eigenvalue weighted by molar-refractivity contribution is -0.144. The molecule has 2 aromatic rings. The van der Waals surface area contributed by atoms with Gasteiger partial charge < -0.3 is 15.4 Å². The number of likely N-dealkylation sites (N-methyl/N-ethyl adjacent to an activating group) is 1. The molecule has 1 aliphatic rings. The first kappa shape index (κ1) is 13.5. The van der Waals surface area contributed by atoms with Crippen molar-refractivity contribution in [2.75, 3.05) is 12.8 Å². The lowest BCUT2D eigenvalue weighted by Crippen LogP contribution is -2.54. The zero-order valence-electron chi connectivity index (χ0n) is 11.2. The quantitative estimate of drug-likeness (QED) is 0.710. The minimum Gasteiger partial charge on any atom is -0.480 e. The molecule has 1 aromatic heterocycles. The van der Waals surface area contributed by atoms with Crippen LogP contribution in [0.1, 0.15) is 12.8 Å². The number of aliphatic carboxylic acids is 1. The van der Waals surface area contributed by atoms with Crippen LogP contribution in [0.4, 0.5) is 0 Å². The molecule has 0 amide bonds. The third-order valence-corrected chi connectivity index (χ3v) is 4.97. The summed E-state index contributed by atoms with van der Waals surface area (Å²) >= 11 is 1.46. The van der Waals surface area contributed by atoms with E-state index in [1.54, 1.807) is 7.05 Å². The van der Waals surface area contributed by atoms with Crippen molar-refractivity contribution >= 4 is 28.8 Å². The molecule has 1 heterocycles. The van der Waals surface area contributed by atoms with Gasteiger partial charge in [0.15, 0.2) is 5.16 Å². The lowest BCUT2D eigenvalue weighted by atomic mass is 9.96. The van der Waals surface area contributed by atoms with E-state index in [1.165, 1.54) is 11.8 Å². The van der Waals surface area contributed by atoms with Crippen molar-refractivity contribution < 1.29 is 9.90 Å². The van der Waals surface area contributed by atoms with Gasteiger partial charge in [-0.15, -0.1) is 0 Å². The van der Waals surface area contributed by atoms with E-state index >= 15 is 0 Å². The van der Waals surface area contributed by atoms with Crippen LogP contribution in [-0.2, 0) is 4.79 Å². The molecule has 1 atom stereocenters. The molecule has 0 radical (unpaired) electrons. The summed E-state index contributed by atoms with van der Waals surface area (Å²) in [5, 5.41) is 13.3. The Balaban J connectivity index is 1.78. The second kappa shape index (κ2) is 5.10. The largest absolute Gasteiger partial charge is 0.480 e. The summed E-state index contributed by atoms with van der Waals surface area (Å²) in [6.07, 6.45) is 1.96. The number of hydrogen-bond donors (Lipinski definition) is 3. The van der Waals surface area contributed by atoms with Gasteiger partial charge in [-0.3, -0.25) is 4.79 Å². The summed E-state index contributed by atoms with van der Waals surface area (Å²) < 4.78 is 0. The number of aromatic amines is 1. The first-order chi connectivity index (χ1) is 9.65. The van der Waals surface area contributed by atoms with Gasteiger partial charge in [-0.05, 0) is 37.9 Å². The molecule has 1 aliphatic carbocycles. The summed E-state index contributed by atoms with van der Waals surface area (Å²) in [6, 6.07) is 7.81. The second-order valence-corrected chi connectivity index (χ2v) is 6.11. The Morgan fingerprint density at radius 1 is 1.55 bits per heavy atom. The van der Waals surface area contributed by atoms with Gasteiger partial charge in [-0.1, -0.05) is 23.9 Å². The Labute approximate surface area is 121 Å². The molecule has 20 heavy (non-hydrogen) atoms. The Hall–Kier alpha value is -1.53. The summed E-state index contributed by atoms with van der Waals surface area (Å²) in [5.74, 6) is -0.0726. The molecule has 0 aliphatic heterocycles. The number of para-hydroxylation sites is 2. The Kier molecular flexibility index (Phi) is 3.43. The van der Waals surface area contributed by atoms with Gasteiger partial charge in [0.25, 0.3) is 0 Å². The second-order valence-electron chi connectivity index (χ2n) is 5.15. The smallest absolute Gasteiger partial charge is 0.325 e. The number of nitrogens with one attached hydrogen (secondary N) is 2. The molecule has 5 nitrogen and oxygen atoms in total. The van der Waals surface area contributed by atoms with Gasteiger partial charge in [-0.2, -0.15) is 0 Å². The van der Waals surface area contributed by atoms with Gasteiger partial charge in [0, 0.05) is 5.75 Å². The maximum Gasteiger partial charge on any atom is 0.325 e. The Morgan fingerprint density at radius 2 is 2.30 bits per heavy atom. The van der Waals surface area contributed by atoms with Crippen LogP contribution in [0.5, 0.6) is 0 Å². The van der Waals surface area contributed by atoms with E-state index in [1.807, 2.05) is 24.3 Å². The fourth-order valence-corrected chi connectivity index (χ4v) is 3.71. The molecule has 0 bridgehead atoms. The maximum absolute atomic E-state index is 11.6. The first-order valence-electron chi connectivity index (χ1n) is 6.65. The van der Waals surface area contributed by atoms with E-state index in [0.717, 1.165) is 29.0 Å². The van der Waals surface area contributed by atoms with Gasteiger partial charge in [0.2, 0.25) is 0 Å². The lowest BCUT2D eigenvalue weighted by Gasteiger charge is -2.28.